The van der Waals surface area contributed by atoms with E-state index in [4.69, 9.17) is 0 Å². The predicted molar refractivity (Wildman–Crippen MR) is 103 cm³/mol. The molecule has 7 heteroatoms. The van der Waals surface area contributed by atoms with Crippen molar-refractivity contribution < 1.29 is 8.42 Å². The summed E-state index contributed by atoms with van der Waals surface area (Å²) < 4.78 is 29.6. The highest BCUT2D eigenvalue weighted by Gasteiger charge is 2.32. The van der Waals surface area contributed by atoms with E-state index in [0.29, 0.717) is 24.5 Å². The van der Waals surface area contributed by atoms with Gasteiger partial charge in [-0.1, -0.05) is 24.3 Å². The molecule has 0 radical (unpaired) electrons. The monoisotopic (exact) mass is 382 g/mol. The number of imidazole rings is 1. The average Bonchev–Trinajstić information content (AvgIpc) is 3.18. The number of aromatic nitrogens is 3. The van der Waals surface area contributed by atoms with E-state index in [-0.39, 0.29) is 5.92 Å². The van der Waals surface area contributed by atoms with Gasteiger partial charge in [0.1, 0.15) is 5.82 Å². The van der Waals surface area contributed by atoms with Crippen molar-refractivity contribution in [1.82, 2.24) is 18.8 Å². The lowest BCUT2D eigenvalue weighted by atomic mass is 9.99. The molecule has 0 N–H and O–H groups in total. The van der Waals surface area contributed by atoms with E-state index in [2.05, 4.69) is 14.5 Å². The van der Waals surface area contributed by atoms with Gasteiger partial charge in [0.15, 0.2) is 0 Å². The lowest BCUT2D eigenvalue weighted by molar-refractivity contribution is 0.305. The first-order valence-electron chi connectivity index (χ1n) is 9.11. The van der Waals surface area contributed by atoms with Gasteiger partial charge in [0.25, 0.3) is 0 Å². The highest BCUT2D eigenvalue weighted by molar-refractivity contribution is 7.89. The van der Waals surface area contributed by atoms with E-state index in [0.717, 1.165) is 24.4 Å². The number of benzene rings is 1. The Kier molecular flexibility index (Phi) is 5.05. The van der Waals surface area contributed by atoms with Gasteiger partial charge in [0.2, 0.25) is 10.0 Å². The molecule has 4 rings (SSSR count). The van der Waals surface area contributed by atoms with E-state index in [1.54, 1.807) is 41.0 Å². The fourth-order valence-electron chi connectivity index (χ4n) is 3.59. The highest BCUT2D eigenvalue weighted by Crippen LogP contribution is 2.29. The molecule has 3 heterocycles. The van der Waals surface area contributed by atoms with Gasteiger partial charge < -0.3 is 4.57 Å². The van der Waals surface area contributed by atoms with Crippen molar-refractivity contribution in [3.63, 3.8) is 0 Å². The maximum atomic E-state index is 13.0. The molecule has 2 aromatic heterocycles. The van der Waals surface area contributed by atoms with Crippen LogP contribution < -0.4 is 0 Å². The Bertz CT molecular complexity index is 987. The third kappa shape index (κ3) is 3.79. The van der Waals surface area contributed by atoms with Crippen molar-refractivity contribution in [2.45, 2.75) is 30.2 Å². The molecule has 1 aliphatic rings. The van der Waals surface area contributed by atoms with Crippen LogP contribution in [0.5, 0.6) is 0 Å². The van der Waals surface area contributed by atoms with Gasteiger partial charge >= 0.3 is 0 Å². The first-order chi connectivity index (χ1) is 13.1. The quantitative estimate of drug-likeness (QED) is 0.680. The summed E-state index contributed by atoms with van der Waals surface area (Å²) >= 11 is 0. The average molecular weight is 382 g/mol. The lowest BCUT2D eigenvalue weighted by Gasteiger charge is -2.31. The van der Waals surface area contributed by atoms with Crippen LogP contribution in [0.2, 0.25) is 0 Å². The van der Waals surface area contributed by atoms with Gasteiger partial charge in [-0.15, -0.1) is 0 Å². The van der Waals surface area contributed by atoms with Crippen molar-refractivity contribution in [3.8, 4) is 0 Å². The smallest absolute Gasteiger partial charge is 0.243 e. The maximum Gasteiger partial charge on any atom is 0.243 e. The van der Waals surface area contributed by atoms with Gasteiger partial charge in [0.05, 0.1) is 17.1 Å². The van der Waals surface area contributed by atoms with E-state index in [1.165, 1.54) is 0 Å². The first-order valence-corrected chi connectivity index (χ1v) is 10.5. The number of sulfonamides is 1. The lowest BCUT2D eigenvalue weighted by Crippen LogP contribution is -2.39. The third-order valence-electron chi connectivity index (χ3n) is 4.94. The minimum atomic E-state index is -3.47. The van der Waals surface area contributed by atoms with Crippen molar-refractivity contribution in [1.29, 1.82) is 0 Å². The maximum absolute atomic E-state index is 13.0. The second-order valence-corrected chi connectivity index (χ2v) is 8.69. The van der Waals surface area contributed by atoms with Crippen LogP contribution in [0.15, 0.2) is 72.0 Å². The van der Waals surface area contributed by atoms with Gasteiger partial charge in [-0.25, -0.2) is 13.4 Å². The normalized spacial score (nSPS) is 18.4. The van der Waals surface area contributed by atoms with Crippen molar-refractivity contribution in [2.75, 3.05) is 13.1 Å². The molecule has 1 saturated heterocycles. The van der Waals surface area contributed by atoms with Crippen LogP contribution in [0.4, 0.5) is 0 Å². The fourth-order valence-corrected chi connectivity index (χ4v) is 5.14. The summed E-state index contributed by atoms with van der Waals surface area (Å²) in [6.07, 6.45) is 7.26. The number of piperidine rings is 1. The molecular formula is C20H22N4O2S. The molecule has 6 nitrogen and oxygen atoms in total. The highest BCUT2D eigenvalue weighted by atomic mass is 32.2. The summed E-state index contributed by atoms with van der Waals surface area (Å²) in [5.41, 5.74) is 0.960. The minimum absolute atomic E-state index is 0.0796. The first kappa shape index (κ1) is 17.9. The predicted octanol–water partition coefficient (Wildman–Crippen LogP) is 2.89. The number of hydrogen-bond acceptors (Lipinski definition) is 4. The van der Waals surface area contributed by atoms with E-state index in [9.17, 15) is 8.42 Å². The molecule has 3 aromatic rings. The van der Waals surface area contributed by atoms with Crippen LogP contribution >= 0.6 is 0 Å². The van der Waals surface area contributed by atoms with E-state index in [1.807, 2.05) is 30.5 Å². The second kappa shape index (κ2) is 7.62. The molecule has 1 aromatic carbocycles. The Balaban J connectivity index is 1.55. The zero-order valence-electron chi connectivity index (χ0n) is 15.0. The summed E-state index contributed by atoms with van der Waals surface area (Å²) in [7, 11) is -3.47. The summed E-state index contributed by atoms with van der Waals surface area (Å²) in [5, 5.41) is 0. The number of rotatable bonds is 5. The topological polar surface area (TPSA) is 68.1 Å². The SMILES string of the molecule is O=S(=O)(c1ccccc1)N1CCC[C@H](c2nccn2Cc2ccccn2)C1. The summed E-state index contributed by atoms with van der Waals surface area (Å²) in [4.78, 5) is 9.27. The number of hydrogen-bond donors (Lipinski definition) is 0. The summed E-state index contributed by atoms with van der Waals surface area (Å²) in [6.45, 7) is 1.64. The Morgan fingerprint density at radius 1 is 1.00 bits per heavy atom. The van der Waals surface area contributed by atoms with Crippen LogP contribution in [0, 0.1) is 0 Å². The Morgan fingerprint density at radius 2 is 1.81 bits per heavy atom. The van der Waals surface area contributed by atoms with Crippen molar-refractivity contribution >= 4 is 10.0 Å². The van der Waals surface area contributed by atoms with Gasteiger partial charge in [-0.05, 0) is 37.1 Å². The van der Waals surface area contributed by atoms with E-state index < -0.39 is 10.0 Å². The molecule has 1 aliphatic heterocycles. The molecule has 27 heavy (non-hydrogen) atoms. The van der Waals surface area contributed by atoms with Crippen molar-refractivity contribution in [2.24, 2.45) is 0 Å². The van der Waals surface area contributed by atoms with Crippen LogP contribution in [-0.2, 0) is 16.6 Å². The van der Waals surface area contributed by atoms with Crippen LogP contribution in [0.3, 0.4) is 0 Å². The van der Waals surface area contributed by atoms with Gasteiger partial charge in [-0.2, -0.15) is 4.31 Å². The number of pyridine rings is 1. The minimum Gasteiger partial charge on any atom is -0.329 e. The molecule has 1 atom stereocenters. The third-order valence-corrected chi connectivity index (χ3v) is 6.82. The van der Waals surface area contributed by atoms with Gasteiger partial charge in [0, 0.05) is 37.6 Å². The molecule has 0 bridgehead atoms. The Labute approximate surface area is 159 Å². The molecule has 0 unspecified atom stereocenters. The molecule has 1 fully saturated rings. The Morgan fingerprint density at radius 3 is 2.59 bits per heavy atom. The van der Waals surface area contributed by atoms with Crippen LogP contribution in [0.25, 0.3) is 0 Å². The van der Waals surface area contributed by atoms with Crippen LogP contribution in [-0.4, -0.2) is 40.3 Å². The van der Waals surface area contributed by atoms with E-state index >= 15 is 0 Å². The molecule has 0 saturated carbocycles. The molecule has 0 aliphatic carbocycles. The molecule has 0 amide bonds. The number of nitrogens with zero attached hydrogens (tertiary/aromatic N) is 4. The van der Waals surface area contributed by atoms with Crippen molar-refractivity contribution in [3.05, 3.63) is 78.6 Å². The largest absolute Gasteiger partial charge is 0.329 e. The zero-order chi connectivity index (χ0) is 18.7. The fraction of sp³-hybridized carbons (Fsp3) is 0.300. The van der Waals surface area contributed by atoms with Crippen LogP contribution in [0.1, 0.15) is 30.3 Å². The molecular weight excluding hydrogens is 360 g/mol. The standard InChI is InChI=1S/C20H22N4O2S/c25-27(26,19-9-2-1-3-10-19)24-13-6-7-17(15-24)20-22-12-14-23(20)16-18-8-4-5-11-21-18/h1-5,8-12,14,17H,6-7,13,15-16H2/t17-/m0/s1. The zero-order valence-corrected chi connectivity index (χ0v) is 15.8. The Hall–Kier alpha value is -2.51. The second-order valence-electron chi connectivity index (χ2n) is 6.75. The van der Waals surface area contributed by atoms with Gasteiger partial charge in [-0.3, -0.25) is 4.98 Å². The summed E-state index contributed by atoms with van der Waals surface area (Å²) in [5.74, 6) is 1.00. The molecule has 140 valence electrons. The summed E-state index contributed by atoms with van der Waals surface area (Å²) in [6, 6.07) is 14.5. The molecule has 0 spiro atoms.